The number of rotatable bonds is 4. The van der Waals surface area contributed by atoms with Gasteiger partial charge in [0, 0.05) is 21.7 Å². The second kappa shape index (κ2) is 8.79. The first-order valence-corrected chi connectivity index (χ1v) is 11.2. The van der Waals surface area contributed by atoms with Crippen LogP contribution in [0.3, 0.4) is 0 Å². The van der Waals surface area contributed by atoms with Crippen LogP contribution in [0, 0.1) is 0 Å². The molecule has 0 aromatic heterocycles. The molecule has 3 aromatic rings. The van der Waals surface area contributed by atoms with E-state index in [1.807, 2.05) is 18.2 Å². The van der Waals surface area contributed by atoms with E-state index in [2.05, 4.69) is 15.9 Å². The van der Waals surface area contributed by atoms with Crippen molar-refractivity contribution in [3.05, 3.63) is 91.1 Å². The summed E-state index contributed by atoms with van der Waals surface area (Å²) in [7, 11) is 0. The minimum absolute atomic E-state index is 0.166. The average molecular weight is 534 g/mol. The van der Waals surface area contributed by atoms with E-state index in [1.54, 1.807) is 36.4 Å². The van der Waals surface area contributed by atoms with Crippen LogP contribution in [-0.2, 0) is 18.0 Å². The van der Waals surface area contributed by atoms with Crippen molar-refractivity contribution in [1.82, 2.24) is 0 Å². The van der Waals surface area contributed by atoms with Gasteiger partial charge in [-0.1, -0.05) is 45.2 Å². The third-order valence-corrected chi connectivity index (χ3v) is 6.22. The number of carbonyl (C=O) groups excluding carboxylic acids is 1. The fourth-order valence-corrected chi connectivity index (χ4v) is 4.35. The lowest BCUT2D eigenvalue weighted by Gasteiger charge is -2.20. The Labute approximate surface area is 202 Å². The number of Topliss-reactive ketones (excluding diaryl/α,β-unsaturated/α-hetero) is 1. The molecule has 3 aromatic carbocycles. The summed E-state index contributed by atoms with van der Waals surface area (Å²) in [6.45, 7) is 0.911. The minimum Gasteiger partial charge on any atom is -0.489 e. The number of hydrogen-bond donors (Lipinski definition) is 0. The zero-order valence-electron chi connectivity index (χ0n) is 16.5. The first-order valence-electron chi connectivity index (χ1n) is 9.66. The molecule has 0 N–H and O–H groups in total. The van der Waals surface area contributed by atoms with E-state index in [-0.39, 0.29) is 18.3 Å². The highest BCUT2D eigenvalue weighted by Crippen LogP contribution is 2.38. The van der Waals surface area contributed by atoms with Crippen LogP contribution in [0.5, 0.6) is 17.2 Å². The van der Waals surface area contributed by atoms with Crippen molar-refractivity contribution in [3.8, 4) is 17.2 Å². The van der Waals surface area contributed by atoms with Crippen molar-refractivity contribution in [2.24, 2.45) is 0 Å². The normalized spacial score (nSPS) is 15.7. The monoisotopic (exact) mass is 532 g/mol. The number of ether oxygens (including phenoxy) is 4. The maximum atomic E-state index is 12.9. The molecule has 5 rings (SSSR count). The Morgan fingerprint density at radius 1 is 1.06 bits per heavy atom. The van der Waals surface area contributed by atoms with Gasteiger partial charge in [-0.25, -0.2) is 0 Å². The maximum Gasteiger partial charge on any atom is 0.231 e. The number of carbonyl (C=O) groups is 1. The van der Waals surface area contributed by atoms with Gasteiger partial charge in [-0.2, -0.15) is 0 Å². The molecule has 2 aliphatic heterocycles. The summed E-state index contributed by atoms with van der Waals surface area (Å²) in [5.74, 6) is 1.73. The lowest BCUT2D eigenvalue weighted by atomic mass is 10.1. The number of ketones is 1. The van der Waals surface area contributed by atoms with Gasteiger partial charge in [0.2, 0.25) is 5.78 Å². The van der Waals surface area contributed by atoms with Gasteiger partial charge in [-0.3, -0.25) is 4.79 Å². The predicted molar refractivity (Wildman–Crippen MR) is 125 cm³/mol. The molecule has 2 heterocycles. The van der Waals surface area contributed by atoms with Gasteiger partial charge >= 0.3 is 0 Å². The molecule has 0 amide bonds. The highest BCUT2D eigenvalue weighted by atomic mass is 79.9. The quantitative estimate of drug-likeness (QED) is 0.344. The smallest absolute Gasteiger partial charge is 0.231 e. The Bertz CT molecular complexity index is 1270. The van der Waals surface area contributed by atoms with E-state index in [4.69, 9.17) is 42.1 Å². The fourth-order valence-electron chi connectivity index (χ4n) is 3.51. The van der Waals surface area contributed by atoms with E-state index in [0.29, 0.717) is 46.1 Å². The second-order valence-electron chi connectivity index (χ2n) is 7.23. The minimum atomic E-state index is -0.197. The molecule has 162 valence electrons. The third kappa shape index (κ3) is 4.24. The molecule has 32 heavy (non-hydrogen) atoms. The van der Waals surface area contributed by atoms with Gasteiger partial charge in [0.25, 0.3) is 0 Å². The molecule has 0 saturated heterocycles. The summed E-state index contributed by atoms with van der Waals surface area (Å²) < 4.78 is 23.6. The summed E-state index contributed by atoms with van der Waals surface area (Å²) >= 11 is 15.5. The van der Waals surface area contributed by atoms with Crippen LogP contribution in [-0.4, -0.2) is 12.6 Å². The van der Waals surface area contributed by atoms with Crippen molar-refractivity contribution in [3.63, 3.8) is 0 Å². The molecule has 8 heteroatoms. The fraction of sp³-hybridized carbons (Fsp3) is 0.125. The van der Waals surface area contributed by atoms with Crippen LogP contribution in [0.2, 0.25) is 10.0 Å². The molecule has 0 fully saturated rings. The average Bonchev–Trinajstić information content (AvgIpc) is 3.09. The van der Waals surface area contributed by atoms with Gasteiger partial charge in [0.05, 0.1) is 22.2 Å². The van der Waals surface area contributed by atoms with Crippen molar-refractivity contribution >= 4 is 51.0 Å². The highest BCUT2D eigenvalue weighted by Gasteiger charge is 2.28. The van der Waals surface area contributed by atoms with Crippen LogP contribution < -0.4 is 14.2 Å². The molecule has 0 spiro atoms. The Balaban J connectivity index is 1.37. The molecule has 0 saturated carbocycles. The summed E-state index contributed by atoms with van der Waals surface area (Å²) in [5, 5.41) is 0.958. The Morgan fingerprint density at radius 3 is 2.78 bits per heavy atom. The Kier molecular flexibility index (Phi) is 5.86. The van der Waals surface area contributed by atoms with E-state index >= 15 is 0 Å². The SMILES string of the molecule is O=C1/C(=C/c2cc(Br)cc3c2OCOC3)Oc2cc(OCc3ccc(Cl)c(Cl)c3)ccc21. The molecule has 0 unspecified atom stereocenters. The highest BCUT2D eigenvalue weighted by molar-refractivity contribution is 9.10. The molecular weight excluding hydrogens is 519 g/mol. The van der Waals surface area contributed by atoms with E-state index in [1.165, 1.54) is 0 Å². The van der Waals surface area contributed by atoms with Crippen LogP contribution in [0.25, 0.3) is 6.08 Å². The predicted octanol–water partition coefficient (Wildman–Crippen LogP) is 6.82. The number of hydrogen-bond acceptors (Lipinski definition) is 5. The van der Waals surface area contributed by atoms with Crippen LogP contribution >= 0.6 is 39.1 Å². The first-order chi connectivity index (χ1) is 15.5. The van der Waals surface area contributed by atoms with E-state index in [9.17, 15) is 4.79 Å². The van der Waals surface area contributed by atoms with Crippen LogP contribution in [0.15, 0.2) is 58.8 Å². The number of fused-ring (bicyclic) bond motifs is 2. The summed E-state index contributed by atoms with van der Waals surface area (Å²) in [6.07, 6.45) is 1.69. The Hall–Kier alpha value is -2.51. The molecule has 2 aliphatic rings. The number of benzene rings is 3. The van der Waals surface area contributed by atoms with E-state index < -0.39 is 0 Å². The summed E-state index contributed by atoms with van der Waals surface area (Å²) in [5.41, 5.74) is 3.00. The zero-order chi connectivity index (χ0) is 22.2. The van der Waals surface area contributed by atoms with Gasteiger partial charge in [-0.05, 0) is 48.0 Å². The molecular formula is C24H15BrCl2O5. The Morgan fingerprint density at radius 2 is 1.94 bits per heavy atom. The summed E-state index contributed by atoms with van der Waals surface area (Å²) in [4.78, 5) is 12.9. The summed E-state index contributed by atoms with van der Waals surface area (Å²) in [6, 6.07) is 14.3. The molecule has 5 nitrogen and oxygen atoms in total. The second-order valence-corrected chi connectivity index (χ2v) is 8.96. The van der Waals surface area contributed by atoms with Gasteiger partial charge in [-0.15, -0.1) is 0 Å². The van der Waals surface area contributed by atoms with Crippen molar-refractivity contribution in [2.45, 2.75) is 13.2 Å². The van der Waals surface area contributed by atoms with Gasteiger partial charge < -0.3 is 18.9 Å². The molecule has 0 atom stereocenters. The van der Waals surface area contributed by atoms with Crippen molar-refractivity contribution < 1.29 is 23.7 Å². The largest absolute Gasteiger partial charge is 0.489 e. The lowest BCUT2D eigenvalue weighted by Crippen LogP contribution is -2.12. The van der Waals surface area contributed by atoms with Gasteiger partial charge in [0.15, 0.2) is 12.6 Å². The zero-order valence-corrected chi connectivity index (χ0v) is 19.6. The standard InChI is InChI=1S/C24H15BrCl2O5/c25-16-6-14(24-15(7-16)11-29-12-31-24)8-22-23(28)18-3-2-17(9-21(18)32-22)30-10-13-1-4-19(26)20(27)5-13/h1-9H,10-12H2/b22-8-. The topological polar surface area (TPSA) is 54.0 Å². The number of allylic oxidation sites excluding steroid dienone is 1. The van der Waals surface area contributed by atoms with Gasteiger partial charge in [0.1, 0.15) is 23.9 Å². The molecule has 0 aliphatic carbocycles. The van der Waals surface area contributed by atoms with Crippen LogP contribution in [0.4, 0.5) is 0 Å². The number of halogens is 3. The van der Waals surface area contributed by atoms with E-state index in [0.717, 1.165) is 21.2 Å². The van der Waals surface area contributed by atoms with Crippen LogP contribution in [0.1, 0.15) is 27.0 Å². The molecule has 0 radical (unpaired) electrons. The first kappa shape index (κ1) is 21.3. The van der Waals surface area contributed by atoms with Crippen molar-refractivity contribution in [2.75, 3.05) is 6.79 Å². The lowest BCUT2D eigenvalue weighted by molar-refractivity contribution is -0.0165. The van der Waals surface area contributed by atoms with Crippen molar-refractivity contribution in [1.29, 1.82) is 0 Å². The maximum absolute atomic E-state index is 12.9. The third-order valence-electron chi connectivity index (χ3n) is 5.02. The molecule has 0 bridgehead atoms.